The maximum atomic E-state index is 5.38. The Kier molecular flexibility index (Phi) is 4.81. The highest BCUT2D eigenvalue weighted by Gasteiger charge is 2.22. The van der Waals surface area contributed by atoms with Crippen molar-refractivity contribution in [3.63, 3.8) is 0 Å². The van der Waals surface area contributed by atoms with Crippen molar-refractivity contribution in [1.82, 2.24) is 18.5 Å². The van der Waals surface area contributed by atoms with Gasteiger partial charge >= 0.3 is 0 Å². The topological polar surface area (TPSA) is 27.2 Å². The highest BCUT2D eigenvalue weighted by molar-refractivity contribution is 6.31. The quantitative estimate of drug-likeness (QED) is 0.182. The lowest BCUT2D eigenvalue weighted by Gasteiger charge is -2.13. The van der Waals surface area contributed by atoms with Gasteiger partial charge in [0.05, 0.1) is 38.6 Å². The predicted molar refractivity (Wildman–Crippen MR) is 196 cm³/mol. The molecule has 11 aromatic rings. The highest BCUT2D eigenvalue weighted by atomic mass is 15.0. The minimum Gasteiger partial charge on any atom is -0.309 e. The summed E-state index contributed by atoms with van der Waals surface area (Å²) in [5.74, 6) is 0. The first-order chi connectivity index (χ1) is 23.3. The monoisotopic (exact) mass is 598 g/mol. The molecule has 0 radical (unpaired) electrons. The maximum absolute atomic E-state index is 5.38. The Morgan fingerprint density at radius 1 is 0.340 bits per heavy atom. The minimum absolute atomic E-state index is 0.983. The van der Waals surface area contributed by atoms with E-state index in [4.69, 9.17) is 4.98 Å². The van der Waals surface area contributed by atoms with Crippen molar-refractivity contribution in [1.29, 1.82) is 0 Å². The van der Waals surface area contributed by atoms with Crippen LogP contribution in [0.4, 0.5) is 0 Å². The molecule has 0 aliphatic heterocycles. The van der Waals surface area contributed by atoms with Gasteiger partial charge in [-0.15, -0.1) is 0 Å². The van der Waals surface area contributed by atoms with Gasteiger partial charge in [0, 0.05) is 43.7 Å². The highest BCUT2D eigenvalue weighted by Crippen LogP contribution is 2.44. The van der Waals surface area contributed by atoms with Gasteiger partial charge in [-0.3, -0.25) is 4.40 Å². The van der Waals surface area contributed by atoms with Gasteiger partial charge in [-0.2, -0.15) is 0 Å². The summed E-state index contributed by atoms with van der Waals surface area (Å²) in [6.45, 7) is 0. The summed E-state index contributed by atoms with van der Waals surface area (Å²) in [7, 11) is 0. The van der Waals surface area contributed by atoms with Crippen LogP contribution in [0.5, 0.6) is 0 Å². The van der Waals surface area contributed by atoms with Crippen LogP contribution in [0.2, 0.25) is 0 Å². The number of rotatable bonds is 2. The van der Waals surface area contributed by atoms with E-state index in [9.17, 15) is 0 Å². The van der Waals surface area contributed by atoms with Crippen LogP contribution in [-0.2, 0) is 0 Å². The molecule has 0 spiro atoms. The summed E-state index contributed by atoms with van der Waals surface area (Å²) in [6.07, 6.45) is 0. The number of hydrogen-bond acceptors (Lipinski definition) is 1. The average Bonchev–Trinajstić information content (AvgIpc) is 3.79. The molecule has 11 rings (SSSR count). The molecule has 0 N–H and O–H groups in total. The van der Waals surface area contributed by atoms with Crippen molar-refractivity contribution >= 4 is 82.0 Å². The SMILES string of the molecule is c1ccc(-n2c3ccccc3c3cc4c5ccc6c(c7ccccc7n6-c6ccccc6)c5c5nc6ccccc6n5c4cc32)cc1. The fourth-order valence-corrected chi connectivity index (χ4v) is 8.07. The number of benzene rings is 7. The Morgan fingerprint density at radius 3 is 1.66 bits per heavy atom. The number of nitrogens with zero attached hydrogens (tertiary/aromatic N) is 4. The smallest absolute Gasteiger partial charge is 0.147 e. The number of imidazole rings is 1. The molecule has 0 bridgehead atoms. The van der Waals surface area contributed by atoms with E-state index in [2.05, 4.69) is 171 Å². The third kappa shape index (κ3) is 3.23. The second-order valence-electron chi connectivity index (χ2n) is 12.4. The van der Waals surface area contributed by atoms with Crippen molar-refractivity contribution in [3.8, 4) is 11.4 Å². The number of fused-ring (bicyclic) bond motifs is 15. The number of aromatic nitrogens is 4. The van der Waals surface area contributed by atoms with E-state index in [1.807, 2.05) is 0 Å². The van der Waals surface area contributed by atoms with Crippen LogP contribution in [-0.4, -0.2) is 18.5 Å². The van der Waals surface area contributed by atoms with E-state index in [0.717, 1.165) is 33.6 Å². The van der Waals surface area contributed by atoms with Crippen LogP contribution in [0.3, 0.4) is 0 Å². The molecule has 0 aliphatic carbocycles. The van der Waals surface area contributed by atoms with Crippen molar-refractivity contribution in [2.45, 2.75) is 0 Å². The second kappa shape index (κ2) is 9.09. The zero-order valence-corrected chi connectivity index (χ0v) is 25.3. The molecule has 4 aromatic heterocycles. The van der Waals surface area contributed by atoms with Crippen LogP contribution in [0.1, 0.15) is 0 Å². The Morgan fingerprint density at radius 2 is 0.915 bits per heavy atom. The first kappa shape index (κ1) is 24.9. The molecule has 0 fully saturated rings. The van der Waals surface area contributed by atoms with Crippen molar-refractivity contribution in [2.75, 3.05) is 0 Å². The van der Waals surface area contributed by atoms with Crippen molar-refractivity contribution in [3.05, 3.63) is 158 Å². The Bertz CT molecular complexity index is 3050. The summed E-state index contributed by atoms with van der Waals surface area (Å²) in [5.41, 5.74) is 11.3. The molecular weight excluding hydrogens is 573 g/mol. The molecule has 0 amide bonds. The lowest BCUT2D eigenvalue weighted by atomic mass is 9.99. The van der Waals surface area contributed by atoms with Gasteiger partial charge in [0.1, 0.15) is 5.65 Å². The van der Waals surface area contributed by atoms with Gasteiger partial charge in [-0.05, 0) is 72.1 Å². The Hall–Kier alpha value is -6.39. The molecule has 0 atom stereocenters. The molecule has 4 heteroatoms. The van der Waals surface area contributed by atoms with Crippen LogP contribution in [0, 0.1) is 0 Å². The number of para-hydroxylation sites is 6. The number of pyridine rings is 1. The Balaban J connectivity index is 1.41. The van der Waals surface area contributed by atoms with E-state index in [1.54, 1.807) is 0 Å². The van der Waals surface area contributed by atoms with E-state index < -0.39 is 0 Å². The van der Waals surface area contributed by atoms with Crippen LogP contribution < -0.4 is 0 Å². The third-order valence-corrected chi connectivity index (χ3v) is 9.97. The lowest BCUT2D eigenvalue weighted by Crippen LogP contribution is -1.96. The van der Waals surface area contributed by atoms with E-state index >= 15 is 0 Å². The lowest BCUT2D eigenvalue weighted by molar-refractivity contribution is 1.18. The molecule has 47 heavy (non-hydrogen) atoms. The first-order valence-corrected chi connectivity index (χ1v) is 16.1. The van der Waals surface area contributed by atoms with E-state index in [0.29, 0.717) is 0 Å². The van der Waals surface area contributed by atoms with Gasteiger partial charge in [0.15, 0.2) is 0 Å². The van der Waals surface area contributed by atoms with Gasteiger partial charge < -0.3 is 9.13 Å². The maximum Gasteiger partial charge on any atom is 0.147 e. The molecule has 4 nitrogen and oxygen atoms in total. The average molecular weight is 599 g/mol. The molecule has 0 saturated heterocycles. The summed E-state index contributed by atoms with van der Waals surface area (Å²) in [4.78, 5) is 5.38. The molecule has 0 saturated carbocycles. The fraction of sp³-hybridized carbons (Fsp3) is 0. The number of hydrogen-bond donors (Lipinski definition) is 0. The third-order valence-electron chi connectivity index (χ3n) is 9.97. The summed E-state index contributed by atoms with van der Waals surface area (Å²) in [6, 6.07) is 56.9. The standard InChI is InChI=1S/C43H26N4/c1-3-13-27(14-4-1)45-36-21-11-8-18-31(36)41-38(45)24-23-30-33-25-32-29-17-7-10-20-35(29)46(28-15-5-2-6-16-28)39(32)26-40(33)47-37-22-12-9-19-34(37)44-43(47)42(30)41/h1-26H. The van der Waals surface area contributed by atoms with Crippen LogP contribution in [0.15, 0.2) is 158 Å². The van der Waals surface area contributed by atoms with E-state index in [-0.39, 0.29) is 0 Å². The van der Waals surface area contributed by atoms with Gasteiger partial charge in [0.25, 0.3) is 0 Å². The summed E-state index contributed by atoms with van der Waals surface area (Å²) in [5, 5.41) is 8.57. The van der Waals surface area contributed by atoms with Crippen molar-refractivity contribution < 1.29 is 0 Å². The Labute approximate surface area is 268 Å². The largest absolute Gasteiger partial charge is 0.309 e. The van der Waals surface area contributed by atoms with Gasteiger partial charge in [-0.1, -0.05) is 91.0 Å². The molecule has 218 valence electrons. The zero-order chi connectivity index (χ0) is 30.6. The normalized spacial score (nSPS) is 12.3. The second-order valence-corrected chi connectivity index (χ2v) is 12.4. The molecule has 0 aliphatic rings. The van der Waals surface area contributed by atoms with Crippen LogP contribution >= 0.6 is 0 Å². The molecule has 0 unspecified atom stereocenters. The summed E-state index contributed by atoms with van der Waals surface area (Å²) < 4.78 is 7.19. The predicted octanol–water partition coefficient (Wildman–Crippen LogP) is 11.0. The first-order valence-electron chi connectivity index (χ1n) is 16.1. The van der Waals surface area contributed by atoms with E-state index in [1.165, 1.54) is 59.8 Å². The molecular formula is C43H26N4. The van der Waals surface area contributed by atoms with Gasteiger partial charge in [0.2, 0.25) is 0 Å². The fourth-order valence-electron chi connectivity index (χ4n) is 8.07. The van der Waals surface area contributed by atoms with Gasteiger partial charge in [-0.25, -0.2) is 4.98 Å². The van der Waals surface area contributed by atoms with Crippen molar-refractivity contribution in [2.24, 2.45) is 0 Å². The van der Waals surface area contributed by atoms with Crippen LogP contribution in [0.25, 0.3) is 93.3 Å². The minimum atomic E-state index is 0.983. The zero-order valence-electron chi connectivity index (χ0n) is 25.3. The molecule has 7 aromatic carbocycles. The molecule has 4 heterocycles. The summed E-state index contributed by atoms with van der Waals surface area (Å²) >= 11 is 0.